The van der Waals surface area contributed by atoms with E-state index in [4.69, 9.17) is 9.52 Å². The third-order valence-corrected chi connectivity index (χ3v) is 2.91. The monoisotopic (exact) mass is 271 g/mol. The Morgan fingerprint density at radius 3 is 2.65 bits per heavy atom. The lowest BCUT2D eigenvalue weighted by atomic mass is 10.2. The van der Waals surface area contributed by atoms with Crippen LogP contribution in [-0.2, 0) is 11.3 Å². The summed E-state index contributed by atoms with van der Waals surface area (Å²) in [5.41, 5.74) is 1.20. The Balaban J connectivity index is 2.10. The molecule has 0 amide bonds. The van der Waals surface area contributed by atoms with Crippen molar-refractivity contribution in [1.29, 1.82) is 0 Å². The van der Waals surface area contributed by atoms with E-state index in [1.165, 1.54) is 11.6 Å². The van der Waals surface area contributed by atoms with Crippen LogP contribution in [0.15, 0.2) is 53.0 Å². The van der Waals surface area contributed by atoms with Crippen LogP contribution in [0, 0.1) is 0 Å². The lowest BCUT2D eigenvalue weighted by Crippen LogP contribution is -2.21. The summed E-state index contributed by atoms with van der Waals surface area (Å²) in [6, 6.07) is 13.8. The average Bonchev–Trinajstić information content (AvgIpc) is 2.92. The molecule has 0 fully saturated rings. The maximum atomic E-state index is 10.5. The van der Waals surface area contributed by atoms with Gasteiger partial charge in [0.05, 0.1) is 0 Å². The van der Waals surface area contributed by atoms with Gasteiger partial charge in [-0.3, -0.25) is 0 Å². The Hall–Kier alpha value is -2.49. The highest BCUT2D eigenvalue weighted by atomic mass is 16.4. The molecule has 20 heavy (non-hydrogen) atoms. The maximum absolute atomic E-state index is 10.5. The van der Waals surface area contributed by atoms with E-state index >= 15 is 0 Å². The van der Waals surface area contributed by atoms with Crippen LogP contribution in [0.4, 0.5) is 5.88 Å². The van der Waals surface area contributed by atoms with E-state index in [0.29, 0.717) is 5.76 Å². The van der Waals surface area contributed by atoms with Crippen molar-refractivity contribution in [3.63, 3.8) is 0 Å². The van der Waals surface area contributed by atoms with Crippen molar-refractivity contribution < 1.29 is 14.3 Å². The van der Waals surface area contributed by atoms with Crippen molar-refractivity contribution in [2.45, 2.75) is 13.5 Å². The van der Waals surface area contributed by atoms with Gasteiger partial charge in [-0.05, 0) is 24.6 Å². The largest absolute Gasteiger partial charge is 0.478 e. The Morgan fingerprint density at radius 1 is 1.25 bits per heavy atom. The number of carboxylic acid groups (broad SMARTS) is 1. The fraction of sp³-hybridized carbons (Fsp3) is 0.188. The first-order valence-electron chi connectivity index (χ1n) is 6.48. The van der Waals surface area contributed by atoms with Crippen LogP contribution >= 0.6 is 0 Å². The highest BCUT2D eigenvalue weighted by molar-refractivity contribution is 5.84. The standard InChI is InChI=1S/C16H17NO3/c1-2-17(12-13-6-4-3-5-7-13)15-10-8-14(20-15)9-11-16(18)19/h3-11H,2,12H2,1H3,(H,18,19)/b11-9+. The average molecular weight is 271 g/mol. The van der Waals surface area contributed by atoms with Gasteiger partial charge in [0.25, 0.3) is 0 Å². The second-order valence-electron chi connectivity index (χ2n) is 4.35. The molecule has 1 N–H and O–H groups in total. The van der Waals surface area contributed by atoms with Gasteiger partial charge in [0.1, 0.15) is 5.76 Å². The van der Waals surface area contributed by atoms with Crippen LogP contribution in [0.5, 0.6) is 0 Å². The van der Waals surface area contributed by atoms with Crippen molar-refractivity contribution in [2.24, 2.45) is 0 Å². The number of carboxylic acids is 1. The molecule has 0 saturated heterocycles. The van der Waals surface area contributed by atoms with Crippen LogP contribution < -0.4 is 4.90 Å². The van der Waals surface area contributed by atoms with E-state index in [1.807, 2.05) is 24.3 Å². The fourth-order valence-corrected chi connectivity index (χ4v) is 1.90. The normalized spacial score (nSPS) is 10.8. The number of carbonyl (C=O) groups is 1. The molecular formula is C16H17NO3. The Kier molecular flexibility index (Phi) is 4.60. The smallest absolute Gasteiger partial charge is 0.328 e. The number of furan rings is 1. The van der Waals surface area contributed by atoms with Gasteiger partial charge in [-0.15, -0.1) is 0 Å². The number of nitrogens with zero attached hydrogens (tertiary/aromatic N) is 1. The molecule has 0 aliphatic heterocycles. The molecule has 0 radical (unpaired) electrons. The van der Waals surface area contributed by atoms with Gasteiger partial charge in [0.15, 0.2) is 5.88 Å². The Labute approximate surface area is 117 Å². The van der Waals surface area contributed by atoms with Crippen molar-refractivity contribution in [3.8, 4) is 0 Å². The SMILES string of the molecule is CCN(Cc1ccccc1)c1ccc(/C=C/C(=O)O)o1. The summed E-state index contributed by atoms with van der Waals surface area (Å²) < 4.78 is 5.64. The number of anilines is 1. The van der Waals surface area contributed by atoms with Crippen LogP contribution in [0.2, 0.25) is 0 Å². The molecule has 104 valence electrons. The molecular weight excluding hydrogens is 254 g/mol. The predicted molar refractivity (Wildman–Crippen MR) is 78.5 cm³/mol. The molecule has 0 bridgehead atoms. The van der Waals surface area contributed by atoms with E-state index in [9.17, 15) is 4.79 Å². The fourth-order valence-electron chi connectivity index (χ4n) is 1.90. The van der Waals surface area contributed by atoms with E-state index in [0.717, 1.165) is 25.0 Å². The van der Waals surface area contributed by atoms with Crippen molar-refractivity contribution >= 4 is 17.9 Å². The predicted octanol–water partition coefficient (Wildman–Crippen LogP) is 3.40. The first kappa shape index (κ1) is 13.9. The van der Waals surface area contributed by atoms with Gasteiger partial charge in [-0.1, -0.05) is 30.3 Å². The topological polar surface area (TPSA) is 53.7 Å². The minimum atomic E-state index is -0.986. The van der Waals surface area contributed by atoms with Crippen LogP contribution in [0.1, 0.15) is 18.2 Å². The van der Waals surface area contributed by atoms with Crippen molar-refractivity contribution in [1.82, 2.24) is 0 Å². The van der Waals surface area contributed by atoms with Gasteiger partial charge in [-0.2, -0.15) is 0 Å². The van der Waals surface area contributed by atoms with E-state index in [2.05, 4.69) is 24.0 Å². The van der Waals surface area contributed by atoms with Crippen LogP contribution in [0.3, 0.4) is 0 Å². The molecule has 0 aliphatic carbocycles. The second kappa shape index (κ2) is 6.61. The van der Waals surface area contributed by atoms with E-state index in [-0.39, 0.29) is 0 Å². The van der Waals surface area contributed by atoms with Crippen LogP contribution in [0.25, 0.3) is 6.08 Å². The van der Waals surface area contributed by atoms with Gasteiger partial charge in [-0.25, -0.2) is 4.79 Å². The number of hydrogen-bond donors (Lipinski definition) is 1. The van der Waals surface area contributed by atoms with Gasteiger partial charge >= 0.3 is 5.97 Å². The summed E-state index contributed by atoms with van der Waals surface area (Å²) in [5.74, 6) is 0.287. The first-order valence-corrected chi connectivity index (χ1v) is 6.48. The quantitative estimate of drug-likeness (QED) is 0.818. The maximum Gasteiger partial charge on any atom is 0.328 e. The molecule has 0 aliphatic rings. The molecule has 0 atom stereocenters. The number of hydrogen-bond acceptors (Lipinski definition) is 3. The molecule has 1 heterocycles. The minimum absolute atomic E-state index is 0.536. The number of aliphatic carboxylic acids is 1. The van der Waals surface area contributed by atoms with Crippen molar-refractivity contribution in [3.05, 3.63) is 59.9 Å². The highest BCUT2D eigenvalue weighted by Gasteiger charge is 2.09. The van der Waals surface area contributed by atoms with Crippen molar-refractivity contribution in [2.75, 3.05) is 11.4 Å². The zero-order valence-electron chi connectivity index (χ0n) is 11.3. The number of benzene rings is 1. The highest BCUT2D eigenvalue weighted by Crippen LogP contribution is 2.21. The third kappa shape index (κ3) is 3.75. The van der Waals surface area contributed by atoms with E-state index < -0.39 is 5.97 Å². The summed E-state index contributed by atoms with van der Waals surface area (Å²) in [6.07, 6.45) is 2.51. The lowest BCUT2D eigenvalue weighted by molar-refractivity contribution is -0.131. The summed E-state index contributed by atoms with van der Waals surface area (Å²) in [5, 5.41) is 8.59. The summed E-state index contributed by atoms with van der Waals surface area (Å²) in [4.78, 5) is 12.6. The minimum Gasteiger partial charge on any atom is -0.478 e. The molecule has 2 rings (SSSR count). The zero-order chi connectivity index (χ0) is 14.4. The third-order valence-electron chi connectivity index (χ3n) is 2.91. The molecule has 0 saturated carbocycles. The molecule has 4 nitrogen and oxygen atoms in total. The molecule has 1 aromatic heterocycles. The summed E-state index contributed by atoms with van der Waals surface area (Å²) >= 11 is 0. The van der Waals surface area contributed by atoms with Crippen LogP contribution in [-0.4, -0.2) is 17.6 Å². The first-order chi connectivity index (χ1) is 9.69. The number of rotatable bonds is 6. The van der Waals surface area contributed by atoms with Gasteiger partial charge in [0.2, 0.25) is 0 Å². The molecule has 1 aromatic carbocycles. The molecule has 4 heteroatoms. The Morgan fingerprint density at radius 2 is 2.00 bits per heavy atom. The summed E-state index contributed by atoms with van der Waals surface area (Å²) in [6.45, 7) is 3.62. The molecule has 2 aromatic rings. The molecule has 0 unspecified atom stereocenters. The van der Waals surface area contributed by atoms with E-state index in [1.54, 1.807) is 6.07 Å². The Bertz CT molecular complexity index is 587. The lowest BCUT2D eigenvalue weighted by Gasteiger charge is -2.19. The second-order valence-corrected chi connectivity index (χ2v) is 4.35. The zero-order valence-corrected chi connectivity index (χ0v) is 11.3. The summed E-state index contributed by atoms with van der Waals surface area (Å²) in [7, 11) is 0. The van der Waals surface area contributed by atoms with Gasteiger partial charge in [0, 0.05) is 25.2 Å². The molecule has 0 spiro atoms. The van der Waals surface area contributed by atoms with Gasteiger partial charge < -0.3 is 14.4 Å².